The van der Waals surface area contributed by atoms with E-state index >= 15 is 0 Å². The van der Waals surface area contributed by atoms with Crippen LogP contribution in [-0.4, -0.2) is 33.5 Å². The summed E-state index contributed by atoms with van der Waals surface area (Å²) in [6.07, 6.45) is 0. The number of hydrogen-bond donors (Lipinski definition) is 3. The summed E-state index contributed by atoms with van der Waals surface area (Å²) in [5.74, 6) is 0. The van der Waals surface area contributed by atoms with E-state index in [0.29, 0.717) is 0 Å². The summed E-state index contributed by atoms with van der Waals surface area (Å²) in [6, 6.07) is 0. The van der Waals surface area contributed by atoms with Crippen molar-refractivity contribution < 1.29 is 63.1 Å². The molecule has 0 saturated carbocycles. The molecule has 0 radical (unpaired) electrons. The van der Waals surface area contributed by atoms with E-state index in [-0.39, 0.29) is 57.9 Å². The van der Waals surface area contributed by atoms with Crippen molar-refractivity contribution in [1.29, 1.82) is 0 Å². The fourth-order valence-corrected chi connectivity index (χ4v) is 0.402. The van der Waals surface area contributed by atoms with Crippen LogP contribution in [-0.2, 0) is 48.4 Å². The third kappa shape index (κ3) is 7.98. The molecule has 9 heteroatoms. The van der Waals surface area contributed by atoms with Crippen LogP contribution in [0.25, 0.3) is 0 Å². The van der Waals surface area contributed by atoms with Gasteiger partial charge in [-0.2, -0.15) is 0 Å². The van der Waals surface area contributed by atoms with Gasteiger partial charge in [0, 0.05) is 39.1 Å². The first kappa shape index (κ1) is 17.2. The second kappa shape index (κ2) is 4.19. The standard InChI is InChI=1S/Cr.Li.H3O5P.Ti.H/c;;1-6(2,3)4-5-6;;/h;;1-3H;;. The SMILES string of the molecule is OP1(O)(O)OO1.[Cr].[LiH].[Ti]. The molecule has 9 heavy (non-hydrogen) atoms. The first-order valence-corrected chi connectivity index (χ1v) is 3.06. The van der Waals surface area contributed by atoms with Crippen LogP contribution in [0.2, 0.25) is 0 Å². The Morgan fingerprint density at radius 2 is 1.11 bits per heavy atom. The van der Waals surface area contributed by atoms with Crippen LogP contribution in [0.1, 0.15) is 0 Å². The Balaban J connectivity index is -0.000000120. The van der Waals surface area contributed by atoms with Crippen LogP contribution in [0.3, 0.4) is 0 Å². The topological polar surface area (TPSA) is 85.8 Å². The van der Waals surface area contributed by atoms with Gasteiger partial charge in [-0.3, -0.25) is 0 Å². The van der Waals surface area contributed by atoms with Crippen LogP contribution in [0.15, 0.2) is 0 Å². The van der Waals surface area contributed by atoms with Gasteiger partial charge in [-0.05, 0) is 0 Å². The molecular weight excluding hydrogens is 218 g/mol. The summed E-state index contributed by atoms with van der Waals surface area (Å²) < 4.78 is 6.76. The van der Waals surface area contributed by atoms with E-state index in [9.17, 15) is 0 Å². The Kier molecular flexibility index (Phi) is 8.02. The Morgan fingerprint density at radius 3 is 1.11 bits per heavy atom. The maximum atomic E-state index is 7.89. The molecule has 1 rings (SSSR count). The molecule has 0 atom stereocenters. The molecule has 3 N–H and O–H groups in total. The summed E-state index contributed by atoms with van der Waals surface area (Å²) in [4.78, 5) is 23.7. The summed E-state index contributed by atoms with van der Waals surface area (Å²) in [5.41, 5.74) is 0. The van der Waals surface area contributed by atoms with Gasteiger partial charge >= 0.3 is 50.6 Å². The molecule has 0 aromatic rings. The van der Waals surface area contributed by atoms with Crippen LogP contribution in [0, 0.1) is 0 Å². The van der Waals surface area contributed by atoms with Gasteiger partial charge in [0.25, 0.3) is 0 Å². The van der Waals surface area contributed by atoms with Crippen molar-refractivity contribution in [2.75, 3.05) is 0 Å². The molecule has 50 valence electrons. The quantitative estimate of drug-likeness (QED) is 0.199. The fraction of sp³-hybridized carbons (Fsp3) is 0. The minimum atomic E-state index is -4.80. The normalized spacial score (nSPS) is 28.6. The first-order chi connectivity index (χ1) is 2.47. The van der Waals surface area contributed by atoms with Crippen molar-refractivity contribution in [3.63, 3.8) is 0 Å². The van der Waals surface area contributed by atoms with Gasteiger partial charge in [-0.25, -0.2) is 0 Å². The van der Waals surface area contributed by atoms with Gasteiger partial charge in [-0.15, -0.1) is 0 Å². The average molecular weight is 222 g/mol. The van der Waals surface area contributed by atoms with Crippen LogP contribution in [0.5, 0.6) is 0 Å². The van der Waals surface area contributed by atoms with Gasteiger partial charge in [0.15, 0.2) is 0 Å². The number of rotatable bonds is 0. The van der Waals surface area contributed by atoms with Crippen LogP contribution in [0.4, 0.5) is 0 Å². The average Bonchev–Trinajstić information content (AvgIpc) is 1.73. The van der Waals surface area contributed by atoms with Crippen LogP contribution < -0.4 is 0 Å². The Labute approximate surface area is 89.2 Å². The molecule has 1 saturated heterocycles. The Morgan fingerprint density at radius 1 is 1.00 bits per heavy atom. The van der Waals surface area contributed by atoms with Gasteiger partial charge in [0.05, 0.1) is 0 Å². The van der Waals surface area contributed by atoms with E-state index < -0.39 is 7.74 Å². The van der Waals surface area contributed by atoms with Crippen molar-refractivity contribution in [3.8, 4) is 0 Å². The zero-order valence-corrected chi connectivity index (χ0v) is 7.24. The molecule has 0 amide bonds. The number of hydrogen-bond acceptors (Lipinski definition) is 5. The van der Waals surface area contributed by atoms with E-state index in [4.69, 9.17) is 14.7 Å². The van der Waals surface area contributed by atoms with Crippen molar-refractivity contribution >= 4 is 26.6 Å². The van der Waals surface area contributed by atoms with Gasteiger partial charge < -0.3 is 0 Å². The minimum Gasteiger partial charge on any atom is 0 e. The third-order valence-electron chi connectivity index (χ3n) is 0.275. The van der Waals surface area contributed by atoms with Crippen molar-refractivity contribution in [1.82, 2.24) is 0 Å². The molecule has 0 spiro atoms. The largest absolute Gasteiger partial charge is 0 e. The Hall–Kier alpha value is 2.07. The first-order valence-electron chi connectivity index (χ1n) is 1.13. The third-order valence-corrected chi connectivity index (χ3v) is 0.824. The molecule has 1 aliphatic heterocycles. The van der Waals surface area contributed by atoms with Gasteiger partial charge in [0.2, 0.25) is 0 Å². The van der Waals surface area contributed by atoms with E-state index in [1.165, 1.54) is 0 Å². The molecule has 1 aliphatic rings. The maximum Gasteiger partial charge on any atom is 0 e. The minimum absolute atomic E-state index is 0. The molecule has 0 aromatic carbocycles. The van der Waals surface area contributed by atoms with Gasteiger partial charge in [0.1, 0.15) is 0 Å². The fourth-order valence-electron chi connectivity index (χ4n) is 0.0447. The predicted molar refractivity (Wildman–Crippen MR) is 22.9 cm³/mol. The summed E-state index contributed by atoms with van der Waals surface area (Å²) in [7, 11) is -4.80. The molecular formula is H4CrLiO5PTi. The molecule has 1 fully saturated rings. The van der Waals surface area contributed by atoms with E-state index in [1.807, 2.05) is 0 Å². The molecule has 5 nitrogen and oxygen atoms in total. The molecule has 0 bridgehead atoms. The monoisotopic (exact) mass is 222 g/mol. The zero-order valence-electron chi connectivity index (χ0n) is 3.51. The van der Waals surface area contributed by atoms with E-state index in [2.05, 4.69) is 9.35 Å². The zero-order chi connectivity index (χ0) is 4.86. The molecule has 1 heterocycles. The summed E-state index contributed by atoms with van der Waals surface area (Å²) in [5, 5.41) is 0. The second-order valence-electron chi connectivity index (χ2n) is 0.982. The second-order valence-corrected chi connectivity index (χ2v) is 2.95. The Bertz CT molecular complexity index is 80.7. The summed E-state index contributed by atoms with van der Waals surface area (Å²) in [6.45, 7) is 0. The molecule has 0 unspecified atom stereocenters. The van der Waals surface area contributed by atoms with Crippen LogP contribution >= 0.6 is 7.74 Å². The molecule has 0 aromatic heterocycles. The maximum absolute atomic E-state index is 7.89. The van der Waals surface area contributed by atoms with E-state index in [0.717, 1.165) is 0 Å². The van der Waals surface area contributed by atoms with E-state index in [1.54, 1.807) is 0 Å². The van der Waals surface area contributed by atoms with Crippen molar-refractivity contribution in [2.24, 2.45) is 0 Å². The smallest absolute Gasteiger partial charge is 0 e. The molecule has 0 aliphatic carbocycles. The van der Waals surface area contributed by atoms with Gasteiger partial charge in [-0.1, -0.05) is 0 Å². The van der Waals surface area contributed by atoms with Crippen molar-refractivity contribution in [2.45, 2.75) is 0 Å². The van der Waals surface area contributed by atoms with Crippen molar-refractivity contribution in [3.05, 3.63) is 0 Å². The summed E-state index contributed by atoms with van der Waals surface area (Å²) >= 11 is 0. The predicted octanol–water partition coefficient (Wildman–Crippen LogP) is -1.60.